The first-order chi connectivity index (χ1) is 10.1. The molecule has 0 radical (unpaired) electrons. The minimum Gasteiger partial charge on any atom is -0.447 e. The first-order valence-corrected chi connectivity index (χ1v) is 7.40. The van der Waals surface area contributed by atoms with Crippen LogP contribution in [-0.4, -0.2) is 47.8 Å². The monoisotopic (exact) mass is 311 g/mol. The fourth-order valence-electron chi connectivity index (χ4n) is 2.71. The molecule has 1 saturated heterocycles. The lowest BCUT2D eigenvalue weighted by Gasteiger charge is -2.24. The van der Waals surface area contributed by atoms with E-state index in [1.165, 1.54) is 4.90 Å². The van der Waals surface area contributed by atoms with E-state index in [1.807, 2.05) is 0 Å². The molecule has 0 aromatic heterocycles. The summed E-state index contributed by atoms with van der Waals surface area (Å²) in [4.78, 5) is 24.1. The number of nitrogens with zero attached hydrogens (tertiary/aromatic N) is 2. The molecule has 0 aromatic rings. The third kappa shape index (κ3) is 5.90. The predicted molar refractivity (Wildman–Crippen MR) is 79.4 cm³/mol. The highest BCUT2D eigenvalue weighted by molar-refractivity contribution is 5.74. The van der Waals surface area contributed by atoms with Crippen LogP contribution >= 0.6 is 0 Å². The lowest BCUT2D eigenvalue weighted by atomic mass is 9.80. The third-order valence-electron chi connectivity index (χ3n) is 3.58. The summed E-state index contributed by atoms with van der Waals surface area (Å²) >= 11 is 0. The summed E-state index contributed by atoms with van der Waals surface area (Å²) in [6, 6.07) is 2.25. The Balaban J connectivity index is 2.51. The molecular weight excluding hydrogens is 286 g/mol. The summed E-state index contributed by atoms with van der Waals surface area (Å²) in [5.74, 6) is -0.741. The average Bonchev–Trinajstić information content (AvgIpc) is 2.75. The van der Waals surface area contributed by atoms with Gasteiger partial charge in [0.1, 0.15) is 6.61 Å². The summed E-state index contributed by atoms with van der Waals surface area (Å²) in [7, 11) is 0. The molecule has 3 N–H and O–H groups in total. The number of aliphatic hydroxyl groups is 1. The van der Waals surface area contributed by atoms with E-state index in [2.05, 4.69) is 26.8 Å². The van der Waals surface area contributed by atoms with Crippen LogP contribution < -0.4 is 5.73 Å². The average molecular weight is 311 g/mol. The molecule has 7 nitrogen and oxygen atoms in total. The Morgan fingerprint density at radius 3 is 2.59 bits per heavy atom. The highest BCUT2D eigenvalue weighted by atomic mass is 16.6. The van der Waals surface area contributed by atoms with E-state index in [0.29, 0.717) is 13.1 Å². The van der Waals surface area contributed by atoms with Crippen molar-refractivity contribution in [2.45, 2.75) is 39.7 Å². The van der Waals surface area contributed by atoms with Gasteiger partial charge in [0.15, 0.2) is 0 Å². The van der Waals surface area contributed by atoms with Gasteiger partial charge >= 0.3 is 6.09 Å². The molecule has 1 fully saturated rings. The van der Waals surface area contributed by atoms with Gasteiger partial charge in [-0.25, -0.2) is 4.79 Å². The fourth-order valence-corrected chi connectivity index (χ4v) is 2.71. The second-order valence-electron chi connectivity index (χ2n) is 7.07. The van der Waals surface area contributed by atoms with E-state index in [1.54, 1.807) is 0 Å². The van der Waals surface area contributed by atoms with Crippen molar-refractivity contribution in [1.82, 2.24) is 4.90 Å². The number of nitrogens with two attached hydrogens (primary N) is 1. The number of ether oxygens (including phenoxy) is 1. The minimum atomic E-state index is -1.10. The molecular formula is C15H25N3O4. The van der Waals surface area contributed by atoms with Crippen LogP contribution in [0.3, 0.4) is 0 Å². The van der Waals surface area contributed by atoms with Crippen molar-refractivity contribution in [3.63, 3.8) is 0 Å². The van der Waals surface area contributed by atoms with E-state index in [0.717, 1.165) is 6.42 Å². The molecule has 22 heavy (non-hydrogen) atoms. The van der Waals surface area contributed by atoms with Gasteiger partial charge in [0.05, 0.1) is 24.5 Å². The molecule has 0 aromatic carbocycles. The second-order valence-corrected chi connectivity index (χ2v) is 7.07. The van der Waals surface area contributed by atoms with Gasteiger partial charge in [0.25, 0.3) is 0 Å². The van der Waals surface area contributed by atoms with Crippen molar-refractivity contribution in [2.24, 2.45) is 23.0 Å². The van der Waals surface area contributed by atoms with Crippen LogP contribution in [-0.2, 0) is 9.53 Å². The Bertz CT molecular complexity index is 453. The number of hydrogen-bond acceptors (Lipinski definition) is 5. The topological polar surface area (TPSA) is 117 Å². The lowest BCUT2D eigenvalue weighted by molar-refractivity contribution is -0.120. The highest BCUT2D eigenvalue weighted by Gasteiger charge is 2.38. The van der Waals surface area contributed by atoms with Gasteiger partial charge < -0.3 is 20.5 Å². The molecule has 1 aliphatic rings. The summed E-state index contributed by atoms with van der Waals surface area (Å²) in [5, 5.41) is 18.7. The lowest BCUT2D eigenvalue weighted by Crippen LogP contribution is -2.33. The van der Waals surface area contributed by atoms with Crippen molar-refractivity contribution < 1.29 is 19.4 Å². The van der Waals surface area contributed by atoms with Gasteiger partial charge in [0, 0.05) is 13.1 Å². The molecule has 0 aliphatic carbocycles. The Morgan fingerprint density at radius 1 is 1.45 bits per heavy atom. The first-order valence-electron chi connectivity index (χ1n) is 7.40. The Labute approximate surface area is 131 Å². The van der Waals surface area contributed by atoms with E-state index in [4.69, 9.17) is 10.5 Å². The van der Waals surface area contributed by atoms with Crippen LogP contribution in [0.1, 0.15) is 33.6 Å². The number of amides is 2. The summed E-state index contributed by atoms with van der Waals surface area (Å²) in [5.41, 5.74) is 5.03. The number of rotatable bonds is 5. The van der Waals surface area contributed by atoms with Gasteiger partial charge in [0.2, 0.25) is 5.91 Å². The number of nitriles is 1. The van der Waals surface area contributed by atoms with Crippen molar-refractivity contribution in [3.8, 4) is 6.07 Å². The maximum atomic E-state index is 12.0. The standard InChI is InChI=1S/C15H25N3O4/c1-15(2,3)5-10-7-18(8-11(10)6-16)14(21)22-9-12(19)4-13(17)20/h10-12,19H,4-5,7-9H2,1-3H3,(H2,17,20)/t10?,11?,12-/m0/s1. The largest absolute Gasteiger partial charge is 0.447 e. The number of hydrogen-bond donors (Lipinski definition) is 2. The molecule has 1 heterocycles. The Kier molecular flexibility index (Phi) is 6.18. The molecule has 3 atom stereocenters. The van der Waals surface area contributed by atoms with Gasteiger partial charge in [-0.2, -0.15) is 5.26 Å². The molecule has 2 unspecified atom stereocenters. The first kappa shape index (κ1) is 18.2. The number of primary amides is 1. The van der Waals surface area contributed by atoms with Crippen LogP contribution in [0, 0.1) is 28.6 Å². The third-order valence-corrected chi connectivity index (χ3v) is 3.58. The van der Waals surface area contributed by atoms with Gasteiger partial charge in [-0.05, 0) is 17.8 Å². The van der Waals surface area contributed by atoms with Crippen molar-refractivity contribution in [3.05, 3.63) is 0 Å². The van der Waals surface area contributed by atoms with Crippen LogP contribution in [0.15, 0.2) is 0 Å². The van der Waals surface area contributed by atoms with Crippen LogP contribution in [0.4, 0.5) is 4.79 Å². The van der Waals surface area contributed by atoms with Crippen molar-refractivity contribution >= 4 is 12.0 Å². The van der Waals surface area contributed by atoms with Crippen LogP contribution in [0.25, 0.3) is 0 Å². The predicted octanol–water partition coefficient (Wildman–Crippen LogP) is 0.867. The molecule has 1 aliphatic heterocycles. The molecule has 0 saturated carbocycles. The van der Waals surface area contributed by atoms with E-state index < -0.39 is 18.1 Å². The number of carbonyl (C=O) groups is 2. The normalized spacial score (nSPS) is 23.0. The second kappa shape index (κ2) is 7.45. The molecule has 1 rings (SSSR count). The zero-order valence-electron chi connectivity index (χ0n) is 13.4. The number of likely N-dealkylation sites (tertiary alicyclic amines) is 1. The van der Waals surface area contributed by atoms with Crippen molar-refractivity contribution in [2.75, 3.05) is 19.7 Å². The quantitative estimate of drug-likeness (QED) is 0.781. The smallest absolute Gasteiger partial charge is 0.409 e. The molecule has 7 heteroatoms. The summed E-state index contributed by atoms with van der Waals surface area (Å²) < 4.78 is 4.98. The van der Waals surface area contributed by atoms with Gasteiger partial charge in [-0.15, -0.1) is 0 Å². The van der Waals surface area contributed by atoms with E-state index >= 15 is 0 Å². The maximum Gasteiger partial charge on any atom is 0.409 e. The molecule has 0 bridgehead atoms. The van der Waals surface area contributed by atoms with E-state index in [9.17, 15) is 20.0 Å². The SMILES string of the molecule is CC(C)(C)CC1CN(C(=O)OC[C@@H](O)CC(N)=O)CC1C#N. The fraction of sp³-hybridized carbons (Fsp3) is 0.800. The zero-order valence-corrected chi connectivity index (χ0v) is 13.4. The van der Waals surface area contributed by atoms with Gasteiger partial charge in [-0.1, -0.05) is 20.8 Å². The van der Waals surface area contributed by atoms with Crippen LogP contribution in [0.2, 0.25) is 0 Å². The minimum absolute atomic E-state index is 0.0807. The molecule has 2 amide bonds. The Morgan fingerprint density at radius 2 is 2.09 bits per heavy atom. The van der Waals surface area contributed by atoms with Gasteiger partial charge in [-0.3, -0.25) is 4.79 Å². The zero-order chi connectivity index (χ0) is 16.9. The maximum absolute atomic E-state index is 12.0. The van der Waals surface area contributed by atoms with Crippen molar-refractivity contribution in [1.29, 1.82) is 5.26 Å². The van der Waals surface area contributed by atoms with E-state index in [-0.39, 0.29) is 30.3 Å². The summed E-state index contributed by atoms with van der Waals surface area (Å²) in [6.07, 6.45) is -1.07. The Hall–Kier alpha value is -1.81. The summed E-state index contributed by atoms with van der Waals surface area (Å²) in [6.45, 7) is 6.83. The highest BCUT2D eigenvalue weighted by Crippen LogP contribution is 2.34. The molecule has 124 valence electrons. The van der Waals surface area contributed by atoms with Crippen LogP contribution in [0.5, 0.6) is 0 Å². The number of carbonyl (C=O) groups excluding carboxylic acids is 2. The number of aliphatic hydroxyl groups excluding tert-OH is 1. The molecule has 0 spiro atoms.